The van der Waals surface area contributed by atoms with E-state index in [-0.39, 0.29) is 16.8 Å². The molecule has 1 unspecified atom stereocenters. The number of rotatable bonds is 5. The maximum Gasteiger partial charge on any atom is 0.243 e. The van der Waals surface area contributed by atoms with Crippen LogP contribution in [-0.4, -0.2) is 31.9 Å². The van der Waals surface area contributed by atoms with Gasteiger partial charge in [0.05, 0.1) is 17.6 Å². The summed E-state index contributed by atoms with van der Waals surface area (Å²) in [6, 6.07) is 12.3. The second kappa shape index (κ2) is 7.83. The van der Waals surface area contributed by atoms with Crippen LogP contribution in [0.5, 0.6) is 0 Å². The van der Waals surface area contributed by atoms with Crippen molar-refractivity contribution in [1.29, 1.82) is 0 Å². The molecule has 4 nitrogen and oxygen atoms in total. The highest BCUT2D eigenvalue weighted by molar-refractivity contribution is 7.89. The second-order valence-corrected chi connectivity index (χ2v) is 8.39. The van der Waals surface area contributed by atoms with E-state index in [2.05, 4.69) is 0 Å². The van der Waals surface area contributed by atoms with E-state index in [1.165, 1.54) is 28.6 Å². The van der Waals surface area contributed by atoms with Gasteiger partial charge in [-0.05, 0) is 54.8 Å². The summed E-state index contributed by atoms with van der Waals surface area (Å²) in [5.74, 6) is -0.290. The van der Waals surface area contributed by atoms with Crippen LogP contribution in [-0.2, 0) is 21.4 Å². The van der Waals surface area contributed by atoms with E-state index in [0.717, 1.165) is 18.4 Å². The van der Waals surface area contributed by atoms with Crippen molar-refractivity contribution in [3.8, 4) is 0 Å². The molecule has 0 radical (unpaired) electrons. The van der Waals surface area contributed by atoms with E-state index in [0.29, 0.717) is 24.7 Å². The number of hydrogen-bond donors (Lipinski definition) is 0. The lowest BCUT2D eigenvalue weighted by molar-refractivity contribution is 0.00809. The number of sulfonamides is 1. The Kier molecular flexibility index (Phi) is 5.74. The van der Waals surface area contributed by atoms with Gasteiger partial charge in [-0.2, -0.15) is 4.31 Å². The number of ether oxygens (including phenoxy) is 1. The molecule has 3 rings (SSSR count). The van der Waals surface area contributed by atoms with Crippen molar-refractivity contribution in [3.05, 3.63) is 64.9 Å². The molecule has 0 spiro atoms. The smallest absolute Gasteiger partial charge is 0.243 e. The summed E-state index contributed by atoms with van der Waals surface area (Å²) in [4.78, 5) is 0.232. The van der Waals surface area contributed by atoms with E-state index < -0.39 is 10.0 Å². The molecule has 1 aliphatic heterocycles. The average molecular weight is 384 g/mol. The molecule has 2 aromatic carbocycles. The van der Waals surface area contributed by atoms with Gasteiger partial charge in [0.1, 0.15) is 5.82 Å². The Hall–Kier alpha value is -1.47. The molecule has 134 valence electrons. The topological polar surface area (TPSA) is 46.6 Å². The van der Waals surface area contributed by atoms with Gasteiger partial charge in [-0.25, -0.2) is 12.8 Å². The van der Waals surface area contributed by atoms with Crippen molar-refractivity contribution >= 4 is 21.6 Å². The number of hydrogen-bond acceptors (Lipinski definition) is 3. The summed E-state index contributed by atoms with van der Waals surface area (Å²) in [5, 5.41) is 0.498. The lowest BCUT2D eigenvalue weighted by Crippen LogP contribution is -2.43. The molecule has 0 amide bonds. The fourth-order valence-corrected chi connectivity index (χ4v) is 4.45. The molecule has 0 bridgehead atoms. The van der Waals surface area contributed by atoms with Gasteiger partial charge >= 0.3 is 0 Å². The number of halogens is 2. The maximum atomic E-state index is 12.9. The molecule has 0 aromatic heterocycles. The lowest BCUT2D eigenvalue weighted by atomic mass is 10.1. The third kappa shape index (κ3) is 4.58. The average Bonchev–Trinajstić information content (AvgIpc) is 2.62. The first-order chi connectivity index (χ1) is 11.9. The van der Waals surface area contributed by atoms with Gasteiger partial charge in [0.2, 0.25) is 10.0 Å². The predicted octanol–water partition coefficient (Wildman–Crippen LogP) is 3.85. The predicted molar refractivity (Wildman–Crippen MR) is 94.4 cm³/mol. The molecule has 1 heterocycles. The molecule has 0 aliphatic carbocycles. The normalized spacial score (nSPS) is 19.0. The molecule has 1 fully saturated rings. The monoisotopic (exact) mass is 383 g/mol. The highest BCUT2D eigenvalue weighted by atomic mass is 35.5. The summed E-state index contributed by atoms with van der Waals surface area (Å²) in [6.07, 6.45) is 1.36. The van der Waals surface area contributed by atoms with Crippen molar-refractivity contribution < 1.29 is 17.5 Å². The molecule has 1 aliphatic rings. The van der Waals surface area contributed by atoms with Crippen LogP contribution in [0.3, 0.4) is 0 Å². The van der Waals surface area contributed by atoms with Gasteiger partial charge in [-0.15, -0.1) is 0 Å². The van der Waals surface area contributed by atoms with Crippen LogP contribution in [0.2, 0.25) is 5.02 Å². The van der Waals surface area contributed by atoms with Gasteiger partial charge in [-0.3, -0.25) is 0 Å². The Morgan fingerprint density at radius 1 is 1.12 bits per heavy atom. The first-order valence-electron chi connectivity index (χ1n) is 8.07. The van der Waals surface area contributed by atoms with E-state index in [1.54, 1.807) is 24.3 Å². The first kappa shape index (κ1) is 18.3. The summed E-state index contributed by atoms with van der Waals surface area (Å²) in [6.45, 7) is 1.12. The van der Waals surface area contributed by atoms with Crippen LogP contribution in [0.15, 0.2) is 53.4 Å². The van der Waals surface area contributed by atoms with Crippen LogP contribution in [0.1, 0.15) is 18.4 Å². The molecule has 1 saturated heterocycles. The van der Waals surface area contributed by atoms with E-state index in [1.807, 2.05) is 0 Å². The fourth-order valence-electron chi connectivity index (χ4n) is 2.81. The van der Waals surface area contributed by atoms with Gasteiger partial charge in [0.15, 0.2) is 0 Å². The van der Waals surface area contributed by atoms with Crippen molar-refractivity contribution in [2.24, 2.45) is 0 Å². The zero-order valence-corrected chi connectivity index (χ0v) is 15.1. The second-order valence-electron chi connectivity index (χ2n) is 6.02. The maximum absolute atomic E-state index is 12.9. The molecular weight excluding hydrogens is 365 g/mol. The third-order valence-corrected chi connectivity index (χ3v) is 6.32. The van der Waals surface area contributed by atoms with Crippen LogP contribution in [0.25, 0.3) is 0 Å². The SMILES string of the molecule is O=S(=O)(c1ccc(Cl)cc1)N1CCCC(OCc2ccc(F)cc2)C1. The van der Waals surface area contributed by atoms with Crippen molar-refractivity contribution in [2.75, 3.05) is 13.1 Å². The van der Waals surface area contributed by atoms with Crippen molar-refractivity contribution in [2.45, 2.75) is 30.4 Å². The number of piperidine rings is 1. The Balaban J connectivity index is 1.64. The molecule has 7 heteroatoms. The van der Waals surface area contributed by atoms with E-state index >= 15 is 0 Å². The number of nitrogens with zero attached hydrogens (tertiary/aromatic N) is 1. The Morgan fingerprint density at radius 2 is 1.80 bits per heavy atom. The first-order valence-corrected chi connectivity index (χ1v) is 9.89. The largest absolute Gasteiger partial charge is 0.372 e. The van der Waals surface area contributed by atoms with Crippen LogP contribution in [0.4, 0.5) is 4.39 Å². The Bertz CT molecular complexity index is 809. The minimum absolute atomic E-state index is 0.180. The summed E-state index contributed by atoms with van der Waals surface area (Å²) < 4.78 is 45.7. The molecule has 2 aromatic rings. The fraction of sp³-hybridized carbons (Fsp3) is 0.333. The van der Waals surface area contributed by atoms with E-state index in [9.17, 15) is 12.8 Å². The summed E-state index contributed by atoms with van der Waals surface area (Å²) >= 11 is 5.83. The quantitative estimate of drug-likeness (QED) is 0.787. The molecule has 0 saturated carbocycles. The van der Waals surface area contributed by atoms with Gasteiger partial charge in [-0.1, -0.05) is 23.7 Å². The molecule has 25 heavy (non-hydrogen) atoms. The summed E-state index contributed by atoms with van der Waals surface area (Å²) in [5.41, 5.74) is 0.860. The van der Waals surface area contributed by atoms with Gasteiger partial charge in [0.25, 0.3) is 0 Å². The molecular formula is C18H19ClFNO3S. The standard InChI is InChI=1S/C18H19ClFNO3S/c19-15-5-9-18(10-6-15)25(22,23)21-11-1-2-17(12-21)24-13-14-3-7-16(20)8-4-14/h3-10,17H,1-2,11-13H2. The highest BCUT2D eigenvalue weighted by Crippen LogP contribution is 2.23. The zero-order valence-electron chi connectivity index (χ0n) is 13.6. The van der Waals surface area contributed by atoms with Gasteiger partial charge in [0, 0.05) is 18.1 Å². The summed E-state index contributed by atoms with van der Waals surface area (Å²) in [7, 11) is -3.56. The minimum Gasteiger partial charge on any atom is -0.372 e. The third-order valence-electron chi connectivity index (χ3n) is 4.19. The zero-order chi connectivity index (χ0) is 17.9. The van der Waals surface area contributed by atoms with Crippen LogP contribution in [0, 0.1) is 5.82 Å². The molecule has 0 N–H and O–H groups in total. The minimum atomic E-state index is -3.56. The van der Waals surface area contributed by atoms with Crippen LogP contribution < -0.4 is 0 Å². The van der Waals surface area contributed by atoms with Crippen molar-refractivity contribution in [1.82, 2.24) is 4.31 Å². The van der Waals surface area contributed by atoms with Crippen LogP contribution >= 0.6 is 11.6 Å². The Labute approximate surface area is 152 Å². The van der Waals surface area contributed by atoms with Gasteiger partial charge < -0.3 is 4.74 Å². The molecule has 1 atom stereocenters. The van der Waals surface area contributed by atoms with E-state index in [4.69, 9.17) is 16.3 Å². The number of benzene rings is 2. The highest BCUT2D eigenvalue weighted by Gasteiger charge is 2.30. The lowest BCUT2D eigenvalue weighted by Gasteiger charge is -2.32. The Morgan fingerprint density at radius 3 is 2.48 bits per heavy atom. The van der Waals surface area contributed by atoms with Crippen molar-refractivity contribution in [3.63, 3.8) is 0 Å².